The maximum absolute atomic E-state index is 11.4. The molecule has 0 aliphatic heterocycles. The van der Waals surface area contributed by atoms with Crippen LogP contribution in [0.2, 0.25) is 0 Å². The zero-order chi connectivity index (χ0) is 15.5. The van der Waals surface area contributed by atoms with E-state index in [1.54, 1.807) is 17.8 Å². The van der Waals surface area contributed by atoms with Crippen LogP contribution in [0.4, 0.5) is 0 Å². The molecule has 114 valence electrons. The number of ether oxygens (including phenoxy) is 1. The van der Waals surface area contributed by atoms with Crippen molar-refractivity contribution in [2.45, 2.75) is 24.8 Å². The van der Waals surface area contributed by atoms with Crippen LogP contribution in [0, 0.1) is 6.92 Å². The molecule has 1 aromatic carbocycles. The Hall–Kier alpha value is -1.86. The molecule has 0 amide bonds. The van der Waals surface area contributed by atoms with E-state index in [4.69, 9.17) is 9.15 Å². The van der Waals surface area contributed by atoms with Gasteiger partial charge in [0.05, 0.1) is 0 Å². The summed E-state index contributed by atoms with van der Waals surface area (Å²) in [5.41, 5.74) is 1.07. The number of hydrogen-bond acceptors (Lipinski definition) is 7. The van der Waals surface area contributed by atoms with Crippen LogP contribution in [0.25, 0.3) is 11.0 Å². The molecule has 0 N–H and O–H groups in total. The van der Waals surface area contributed by atoms with Crippen molar-refractivity contribution in [1.29, 1.82) is 0 Å². The van der Waals surface area contributed by atoms with Gasteiger partial charge in [-0.25, -0.2) is 4.79 Å². The van der Waals surface area contributed by atoms with E-state index in [1.165, 1.54) is 17.4 Å². The standard InChI is InChI=1S/C15H14N2O3S2/c1-3-21-15-17-16-13(22-15)8-19-10-4-5-11-9(2)6-14(18)20-12(11)7-10/h4-7H,3,8H2,1-2H3. The van der Waals surface area contributed by atoms with Crippen LogP contribution < -0.4 is 10.4 Å². The third-order valence-corrected chi connectivity index (χ3v) is 4.91. The van der Waals surface area contributed by atoms with Gasteiger partial charge >= 0.3 is 5.63 Å². The molecule has 0 saturated heterocycles. The minimum Gasteiger partial charge on any atom is -0.486 e. The minimum absolute atomic E-state index is 0.351. The van der Waals surface area contributed by atoms with Crippen molar-refractivity contribution < 1.29 is 9.15 Å². The fraction of sp³-hybridized carbons (Fsp3) is 0.267. The van der Waals surface area contributed by atoms with E-state index < -0.39 is 0 Å². The molecule has 2 heterocycles. The van der Waals surface area contributed by atoms with E-state index in [0.29, 0.717) is 17.9 Å². The summed E-state index contributed by atoms with van der Waals surface area (Å²) >= 11 is 3.19. The Labute approximate surface area is 135 Å². The van der Waals surface area contributed by atoms with E-state index in [9.17, 15) is 4.79 Å². The van der Waals surface area contributed by atoms with E-state index >= 15 is 0 Å². The lowest BCUT2D eigenvalue weighted by atomic mass is 10.1. The largest absolute Gasteiger partial charge is 0.486 e. The van der Waals surface area contributed by atoms with Crippen molar-refractivity contribution in [2.24, 2.45) is 0 Å². The molecular formula is C15H14N2O3S2. The summed E-state index contributed by atoms with van der Waals surface area (Å²) in [6.07, 6.45) is 0. The number of benzene rings is 1. The average molecular weight is 334 g/mol. The highest BCUT2D eigenvalue weighted by Gasteiger charge is 2.07. The molecule has 0 aliphatic rings. The first-order valence-corrected chi connectivity index (χ1v) is 8.58. The molecule has 0 bridgehead atoms. The van der Waals surface area contributed by atoms with Crippen molar-refractivity contribution in [3.63, 3.8) is 0 Å². The Bertz CT molecular complexity index is 857. The number of nitrogens with zero attached hydrogens (tertiary/aromatic N) is 2. The molecular weight excluding hydrogens is 320 g/mol. The second-order valence-corrected chi connectivity index (χ2v) is 7.16. The van der Waals surface area contributed by atoms with Gasteiger partial charge in [-0.3, -0.25) is 0 Å². The zero-order valence-corrected chi connectivity index (χ0v) is 13.8. The second-order valence-electron chi connectivity index (χ2n) is 4.59. The van der Waals surface area contributed by atoms with Gasteiger partial charge in [0.2, 0.25) is 0 Å². The van der Waals surface area contributed by atoms with E-state index in [0.717, 1.165) is 26.0 Å². The van der Waals surface area contributed by atoms with E-state index in [2.05, 4.69) is 17.1 Å². The predicted octanol–water partition coefficient (Wildman–Crippen LogP) is 3.64. The number of rotatable bonds is 5. The number of thioether (sulfide) groups is 1. The smallest absolute Gasteiger partial charge is 0.336 e. The first kappa shape index (κ1) is 15.1. The van der Waals surface area contributed by atoms with Crippen LogP contribution >= 0.6 is 23.1 Å². The molecule has 3 aromatic rings. The van der Waals surface area contributed by atoms with Crippen LogP contribution in [-0.2, 0) is 6.61 Å². The van der Waals surface area contributed by atoms with Crippen molar-refractivity contribution in [3.8, 4) is 5.75 Å². The Kier molecular flexibility index (Phi) is 4.44. The Morgan fingerprint density at radius 2 is 2.18 bits per heavy atom. The van der Waals surface area contributed by atoms with Crippen molar-refractivity contribution in [3.05, 3.63) is 45.3 Å². The third-order valence-electron chi connectivity index (χ3n) is 3.00. The third kappa shape index (κ3) is 3.31. The van der Waals surface area contributed by atoms with Gasteiger partial charge in [-0.1, -0.05) is 30.0 Å². The molecule has 0 atom stereocenters. The summed E-state index contributed by atoms with van der Waals surface area (Å²) in [7, 11) is 0. The maximum Gasteiger partial charge on any atom is 0.336 e. The summed E-state index contributed by atoms with van der Waals surface area (Å²) in [5, 5.41) is 9.90. The van der Waals surface area contributed by atoms with E-state index in [-0.39, 0.29) is 5.63 Å². The Morgan fingerprint density at radius 3 is 3.00 bits per heavy atom. The molecule has 0 saturated carbocycles. The molecule has 22 heavy (non-hydrogen) atoms. The molecule has 0 radical (unpaired) electrons. The lowest BCUT2D eigenvalue weighted by Gasteiger charge is -2.05. The van der Waals surface area contributed by atoms with Gasteiger partial charge in [0.25, 0.3) is 0 Å². The summed E-state index contributed by atoms with van der Waals surface area (Å²) in [6.45, 7) is 4.31. The highest BCUT2D eigenvalue weighted by atomic mass is 32.2. The van der Waals surface area contributed by atoms with Crippen molar-refractivity contribution >= 4 is 34.1 Å². The molecule has 0 unspecified atom stereocenters. The van der Waals surface area contributed by atoms with Gasteiger partial charge in [-0.15, -0.1) is 10.2 Å². The fourth-order valence-electron chi connectivity index (χ4n) is 2.02. The summed E-state index contributed by atoms with van der Waals surface area (Å²) in [6, 6.07) is 6.96. The van der Waals surface area contributed by atoms with Crippen LogP contribution in [0.3, 0.4) is 0 Å². The lowest BCUT2D eigenvalue weighted by Crippen LogP contribution is -1.99. The molecule has 0 spiro atoms. The summed E-state index contributed by atoms with van der Waals surface area (Å²) in [4.78, 5) is 11.4. The highest BCUT2D eigenvalue weighted by molar-refractivity contribution is 8.00. The van der Waals surface area contributed by atoms with Gasteiger partial charge in [0.15, 0.2) is 9.35 Å². The Balaban J connectivity index is 1.77. The molecule has 0 aliphatic carbocycles. The minimum atomic E-state index is -0.354. The Morgan fingerprint density at radius 1 is 1.32 bits per heavy atom. The number of fused-ring (bicyclic) bond motifs is 1. The second kappa shape index (κ2) is 6.50. The highest BCUT2D eigenvalue weighted by Crippen LogP contribution is 2.25. The summed E-state index contributed by atoms with van der Waals surface area (Å²) < 4.78 is 11.9. The summed E-state index contributed by atoms with van der Waals surface area (Å²) in [5.74, 6) is 1.61. The number of aromatic nitrogens is 2. The maximum atomic E-state index is 11.4. The molecule has 5 nitrogen and oxygen atoms in total. The zero-order valence-electron chi connectivity index (χ0n) is 12.2. The first-order chi connectivity index (χ1) is 10.7. The van der Waals surface area contributed by atoms with Crippen LogP contribution in [0.1, 0.15) is 17.5 Å². The lowest BCUT2D eigenvalue weighted by molar-refractivity contribution is 0.304. The quantitative estimate of drug-likeness (QED) is 0.524. The topological polar surface area (TPSA) is 65.2 Å². The monoisotopic (exact) mass is 334 g/mol. The molecule has 7 heteroatoms. The number of aryl methyl sites for hydroxylation is 1. The van der Waals surface area contributed by atoms with Gasteiger partial charge in [-0.2, -0.15) is 0 Å². The fourth-order valence-corrected chi connectivity index (χ4v) is 3.72. The SMILES string of the molecule is CCSc1nnc(COc2ccc3c(C)cc(=O)oc3c2)s1. The van der Waals surface area contributed by atoms with Gasteiger partial charge in [-0.05, 0) is 30.4 Å². The van der Waals surface area contributed by atoms with E-state index in [1.807, 2.05) is 19.1 Å². The average Bonchev–Trinajstić information content (AvgIpc) is 2.92. The van der Waals surface area contributed by atoms with Gasteiger partial charge in [0, 0.05) is 17.5 Å². The molecule has 2 aromatic heterocycles. The van der Waals surface area contributed by atoms with Crippen molar-refractivity contribution in [2.75, 3.05) is 5.75 Å². The van der Waals surface area contributed by atoms with Crippen LogP contribution in [0.15, 0.2) is 37.8 Å². The predicted molar refractivity (Wildman–Crippen MR) is 87.9 cm³/mol. The van der Waals surface area contributed by atoms with Gasteiger partial charge < -0.3 is 9.15 Å². The van der Waals surface area contributed by atoms with Crippen LogP contribution in [0.5, 0.6) is 5.75 Å². The first-order valence-electron chi connectivity index (χ1n) is 6.78. The number of hydrogen-bond donors (Lipinski definition) is 0. The molecule has 0 fully saturated rings. The molecule has 3 rings (SSSR count). The normalized spacial score (nSPS) is 11.0. The van der Waals surface area contributed by atoms with Gasteiger partial charge in [0.1, 0.15) is 17.9 Å². The van der Waals surface area contributed by atoms with Crippen LogP contribution in [-0.4, -0.2) is 16.0 Å². The van der Waals surface area contributed by atoms with Crippen molar-refractivity contribution in [1.82, 2.24) is 10.2 Å².